The molecule has 2 aliphatic carbocycles. The van der Waals surface area contributed by atoms with Gasteiger partial charge < -0.3 is 14.4 Å². The summed E-state index contributed by atoms with van der Waals surface area (Å²) >= 11 is 0. The number of hydrogen-bond acceptors (Lipinski definition) is 3. The van der Waals surface area contributed by atoms with Gasteiger partial charge in [-0.25, -0.2) is 0 Å². The molecule has 2 fully saturated rings. The zero-order valence-electron chi connectivity index (χ0n) is 17.5. The van der Waals surface area contributed by atoms with Crippen molar-refractivity contribution in [1.29, 1.82) is 0 Å². The zero-order chi connectivity index (χ0) is 19.8. The third kappa shape index (κ3) is 3.52. The predicted molar refractivity (Wildman–Crippen MR) is 120 cm³/mol. The van der Waals surface area contributed by atoms with Gasteiger partial charge in [0.15, 0.2) is 11.5 Å². The molecular weight excluding hydrogens is 358 g/mol. The number of para-hydroxylation sites is 1. The van der Waals surface area contributed by atoms with Crippen LogP contribution in [0.1, 0.15) is 49.7 Å². The smallest absolute Gasteiger partial charge is 0.161 e. The monoisotopic (exact) mass is 389 g/mol. The maximum atomic E-state index is 6.33. The van der Waals surface area contributed by atoms with Crippen LogP contribution in [-0.2, 0) is 6.54 Å². The SMILES string of the molecule is C=Cc1cccc2c1N(C)Cc1cc(OCC3CCC3)c(OCC3CCC3)cc1-2. The molecule has 0 radical (unpaired) electrons. The normalized spacial score (nSPS) is 18.3. The van der Waals surface area contributed by atoms with Crippen LogP contribution in [0.25, 0.3) is 17.2 Å². The van der Waals surface area contributed by atoms with Crippen LogP contribution >= 0.6 is 0 Å². The number of nitrogens with zero attached hydrogens (tertiary/aromatic N) is 1. The third-order valence-electron chi connectivity index (χ3n) is 6.93. The van der Waals surface area contributed by atoms with E-state index in [1.807, 2.05) is 6.08 Å². The largest absolute Gasteiger partial charge is 0.489 e. The fourth-order valence-electron chi connectivity index (χ4n) is 4.65. The molecule has 5 rings (SSSR count). The first kappa shape index (κ1) is 18.6. The Labute approximate surface area is 174 Å². The molecule has 29 heavy (non-hydrogen) atoms. The molecule has 3 nitrogen and oxygen atoms in total. The molecule has 0 amide bonds. The lowest BCUT2D eigenvalue weighted by Gasteiger charge is -2.33. The predicted octanol–water partition coefficient (Wildman–Crippen LogP) is 6.30. The van der Waals surface area contributed by atoms with Crippen LogP contribution in [0.3, 0.4) is 0 Å². The van der Waals surface area contributed by atoms with Crippen LogP contribution in [0, 0.1) is 11.8 Å². The number of anilines is 1. The molecule has 1 aliphatic heterocycles. The van der Waals surface area contributed by atoms with Crippen molar-refractivity contribution in [2.45, 2.75) is 45.1 Å². The van der Waals surface area contributed by atoms with Crippen LogP contribution in [0.4, 0.5) is 5.69 Å². The van der Waals surface area contributed by atoms with Crippen LogP contribution in [0.2, 0.25) is 0 Å². The van der Waals surface area contributed by atoms with E-state index in [9.17, 15) is 0 Å². The Morgan fingerprint density at radius 1 is 0.966 bits per heavy atom. The molecule has 0 saturated heterocycles. The molecule has 2 aromatic rings. The molecular formula is C26H31NO2. The second-order valence-electron chi connectivity index (χ2n) is 8.98. The molecule has 0 atom stereocenters. The maximum absolute atomic E-state index is 6.33. The van der Waals surface area contributed by atoms with Crippen LogP contribution in [-0.4, -0.2) is 20.3 Å². The Balaban J connectivity index is 1.50. The summed E-state index contributed by atoms with van der Waals surface area (Å²) in [5, 5.41) is 0. The van der Waals surface area contributed by atoms with Gasteiger partial charge >= 0.3 is 0 Å². The molecule has 0 aromatic heterocycles. The first-order valence-electron chi connectivity index (χ1n) is 11.1. The molecule has 3 heteroatoms. The Kier molecular flexibility index (Phi) is 4.99. The topological polar surface area (TPSA) is 21.7 Å². The minimum atomic E-state index is 0.705. The number of fused-ring (bicyclic) bond motifs is 3. The van der Waals surface area contributed by atoms with Gasteiger partial charge in [-0.2, -0.15) is 0 Å². The average molecular weight is 390 g/mol. The number of ether oxygens (including phenoxy) is 2. The van der Waals surface area contributed by atoms with Gasteiger partial charge in [0, 0.05) is 19.2 Å². The summed E-state index contributed by atoms with van der Waals surface area (Å²) in [6.45, 7) is 6.49. The van der Waals surface area contributed by atoms with Crippen LogP contribution in [0.15, 0.2) is 36.9 Å². The molecule has 0 N–H and O–H groups in total. The Morgan fingerprint density at radius 3 is 2.21 bits per heavy atom. The minimum absolute atomic E-state index is 0.705. The quantitative estimate of drug-likeness (QED) is 0.554. The van der Waals surface area contributed by atoms with Crippen molar-refractivity contribution < 1.29 is 9.47 Å². The second kappa shape index (κ2) is 7.78. The lowest BCUT2D eigenvalue weighted by Crippen LogP contribution is -2.24. The number of benzene rings is 2. The molecule has 152 valence electrons. The standard InChI is InChI=1S/C26H31NO2/c1-3-20-11-6-12-22-23-14-25(29-17-19-9-5-10-19)24(28-16-18-7-4-8-18)13-21(23)15-27(2)26(20)22/h3,6,11-14,18-19H,1,4-5,7-10,15-17H2,2H3. The molecule has 2 aromatic carbocycles. The summed E-state index contributed by atoms with van der Waals surface area (Å²) < 4.78 is 12.6. The highest BCUT2D eigenvalue weighted by molar-refractivity contribution is 5.89. The molecule has 2 saturated carbocycles. The summed E-state index contributed by atoms with van der Waals surface area (Å²) in [6, 6.07) is 10.9. The summed E-state index contributed by atoms with van der Waals surface area (Å²) in [6.07, 6.45) is 9.81. The molecule has 3 aliphatic rings. The Morgan fingerprint density at radius 2 is 1.62 bits per heavy atom. The van der Waals surface area contributed by atoms with Crippen LogP contribution < -0.4 is 14.4 Å². The van der Waals surface area contributed by atoms with E-state index in [2.05, 4.69) is 48.9 Å². The van der Waals surface area contributed by atoms with Gasteiger partial charge in [-0.15, -0.1) is 0 Å². The van der Waals surface area contributed by atoms with E-state index in [1.165, 1.54) is 66.5 Å². The van der Waals surface area contributed by atoms with E-state index < -0.39 is 0 Å². The van der Waals surface area contributed by atoms with E-state index >= 15 is 0 Å². The number of rotatable bonds is 7. The zero-order valence-corrected chi connectivity index (χ0v) is 17.5. The highest BCUT2D eigenvalue weighted by Crippen LogP contribution is 2.45. The summed E-state index contributed by atoms with van der Waals surface area (Å²) in [5.41, 5.74) is 6.26. The maximum Gasteiger partial charge on any atom is 0.161 e. The first-order chi connectivity index (χ1) is 14.2. The minimum Gasteiger partial charge on any atom is -0.489 e. The van der Waals surface area contributed by atoms with Gasteiger partial charge in [0.2, 0.25) is 0 Å². The van der Waals surface area contributed by atoms with Crippen molar-refractivity contribution >= 4 is 11.8 Å². The Hall–Kier alpha value is -2.42. The van der Waals surface area contributed by atoms with Crippen molar-refractivity contribution in [2.24, 2.45) is 11.8 Å². The van der Waals surface area contributed by atoms with Crippen molar-refractivity contribution in [3.63, 3.8) is 0 Å². The number of hydrogen-bond donors (Lipinski definition) is 0. The van der Waals surface area contributed by atoms with E-state index in [-0.39, 0.29) is 0 Å². The van der Waals surface area contributed by atoms with E-state index in [4.69, 9.17) is 9.47 Å². The van der Waals surface area contributed by atoms with E-state index in [1.54, 1.807) is 0 Å². The average Bonchev–Trinajstić information content (AvgIpc) is 2.65. The highest BCUT2D eigenvalue weighted by atomic mass is 16.5. The second-order valence-corrected chi connectivity index (χ2v) is 8.98. The molecule has 0 spiro atoms. The van der Waals surface area contributed by atoms with E-state index in [0.717, 1.165) is 31.3 Å². The van der Waals surface area contributed by atoms with Crippen molar-refractivity contribution in [2.75, 3.05) is 25.2 Å². The van der Waals surface area contributed by atoms with Gasteiger partial charge in [0.25, 0.3) is 0 Å². The van der Waals surface area contributed by atoms with Gasteiger partial charge in [-0.05, 0) is 66.3 Å². The van der Waals surface area contributed by atoms with Gasteiger partial charge in [0.1, 0.15) is 0 Å². The van der Waals surface area contributed by atoms with Crippen LogP contribution in [0.5, 0.6) is 11.5 Å². The van der Waals surface area contributed by atoms with Gasteiger partial charge in [0.05, 0.1) is 18.9 Å². The Bertz CT molecular complexity index is 911. The molecule has 1 heterocycles. The first-order valence-corrected chi connectivity index (χ1v) is 11.1. The van der Waals surface area contributed by atoms with Crippen molar-refractivity contribution in [3.05, 3.63) is 48.0 Å². The summed E-state index contributed by atoms with van der Waals surface area (Å²) in [5.74, 6) is 3.25. The lowest BCUT2D eigenvalue weighted by molar-refractivity contribution is 0.155. The van der Waals surface area contributed by atoms with Gasteiger partial charge in [-0.3, -0.25) is 0 Å². The fourth-order valence-corrected chi connectivity index (χ4v) is 4.65. The molecule has 0 unspecified atom stereocenters. The lowest BCUT2D eigenvalue weighted by atomic mass is 9.86. The fraction of sp³-hybridized carbons (Fsp3) is 0.462. The van der Waals surface area contributed by atoms with Crippen molar-refractivity contribution in [1.82, 2.24) is 0 Å². The highest BCUT2D eigenvalue weighted by Gasteiger charge is 2.26. The summed E-state index contributed by atoms with van der Waals surface area (Å²) in [7, 11) is 2.16. The van der Waals surface area contributed by atoms with Crippen molar-refractivity contribution in [3.8, 4) is 22.6 Å². The molecule has 0 bridgehead atoms. The van der Waals surface area contributed by atoms with Gasteiger partial charge in [-0.1, -0.05) is 43.7 Å². The summed E-state index contributed by atoms with van der Waals surface area (Å²) in [4.78, 5) is 2.32. The third-order valence-corrected chi connectivity index (χ3v) is 6.93. The van der Waals surface area contributed by atoms with E-state index in [0.29, 0.717) is 11.8 Å².